The van der Waals surface area contributed by atoms with E-state index in [4.69, 9.17) is 14.6 Å². The zero-order chi connectivity index (χ0) is 18.2. The van der Waals surface area contributed by atoms with Gasteiger partial charge in [0, 0.05) is 11.6 Å². The molecule has 0 aromatic heterocycles. The van der Waals surface area contributed by atoms with Crippen LogP contribution in [0.5, 0.6) is 17.2 Å². The highest BCUT2D eigenvalue weighted by Gasteiger charge is 2.03. The number of carbonyl (C=O) groups is 1. The normalized spacial score (nSPS) is 10.6. The van der Waals surface area contributed by atoms with Crippen LogP contribution in [-0.4, -0.2) is 11.1 Å². The van der Waals surface area contributed by atoms with Gasteiger partial charge >= 0.3 is 5.97 Å². The second kappa shape index (κ2) is 8.53. The molecule has 0 spiro atoms. The predicted octanol–water partition coefficient (Wildman–Crippen LogP) is 5.16. The molecule has 0 aliphatic rings. The van der Waals surface area contributed by atoms with Gasteiger partial charge < -0.3 is 14.6 Å². The fourth-order valence-electron chi connectivity index (χ4n) is 2.40. The lowest BCUT2D eigenvalue weighted by molar-refractivity contribution is -0.131. The van der Waals surface area contributed by atoms with Crippen molar-refractivity contribution in [3.05, 3.63) is 96.1 Å². The second-order valence-corrected chi connectivity index (χ2v) is 5.56. The Morgan fingerprint density at radius 3 is 2.42 bits per heavy atom. The van der Waals surface area contributed by atoms with Crippen molar-refractivity contribution in [1.29, 1.82) is 0 Å². The third-order valence-electron chi connectivity index (χ3n) is 3.60. The summed E-state index contributed by atoms with van der Waals surface area (Å²) in [6.07, 6.45) is 2.61. The molecule has 0 aliphatic carbocycles. The summed E-state index contributed by atoms with van der Waals surface area (Å²) in [6, 6.07) is 24.5. The molecule has 4 heteroatoms. The Bertz CT molecular complexity index is 901. The fourth-order valence-corrected chi connectivity index (χ4v) is 2.40. The van der Waals surface area contributed by atoms with Crippen molar-refractivity contribution >= 4 is 12.0 Å². The lowest BCUT2D eigenvalue weighted by atomic mass is 10.2. The molecule has 0 aliphatic heterocycles. The van der Waals surface area contributed by atoms with E-state index in [-0.39, 0.29) is 0 Å². The molecule has 0 unspecified atom stereocenters. The average Bonchev–Trinajstić information content (AvgIpc) is 2.66. The summed E-state index contributed by atoms with van der Waals surface area (Å²) < 4.78 is 11.7. The molecule has 26 heavy (non-hydrogen) atoms. The molecule has 0 radical (unpaired) electrons. The molecule has 0 amide bonds. The number of ether oxygens (including phenoxy) is 2. The van der Waals surface area contributed by atoms with E-state index in [2.05, 4.69) is 0 Å². The number of carboxylic acid groups (broad SMARTS) is 1. The first kappa shape index (κ1) is 17.3. The van der Waals surface area contributed by atoms with Crippen molar-refractivity contribution in [2.24, 2.45) is 0 Å². The minimum Gasteiger partial charge on any atom is -0.488 e. The number of rotatable bonds is 7. The Morgan fingerprint density at radius 2 is 1.62 bits per heavy atom. The molecule has 1 N–H and O–H groups in total. The van der Waals surface area contributed by atoms with E-state index in [0.717, 1.165) is 23.1 Å². The third kappa shape index (κ3) is 4.98. The number of hydrogen-bond donors (Lipinski definition) is 1. The smallest absolute Gasteiger partial charge is 0.328 e. The maximum atomic E-state index is 10.7. The van der Waals surface area contributed by atoms with Crippen LogP contribution in [0, 0.1) is 0 Å². The number of para-hydroxylation sites is 2. The van der Waals surface area contributed by atoms with Crippen molar-refractivity contribution in [2.75, 3.05) is 0 Å². The summed E-state index contributed by atoms with van der Waals surface area (Å²) in [6.45, 7) is 0.351. The Kier molecular flexibility index (Phi) is 5.68. The molecule has 4 nitrogen and oxygen atoms in total. The van der Waals surface area contributed by atoms with Gasteiger partial charge in [-0.05, 0) is 42.0 Å². The van der Waals surface area contributed by atoms with Gasteiger partial charge in [-0.3, -0.25) is 0 Å². The number of carboxylic acids is 1. The highest BCUT2D eigenvalue weighted by molar-refractivity contribution is 5.85. The number of hydrogen-bond acceptors (Lipinski definition) is 3. The van der Waals surface area contributed by atoms with Gasteiger partial charge in [0.25, 0.3) is 0 Å². The molecule has 0 saturated heterocycles. The van der Waals surface area contributed by atoms with Crippen LogP contribution in [0.1, 0.15) is 11.1 Å². The fraction of sp³-hybridized carbons (Fsp3) is 0.0455. The zero-order valence-corrected chi connectivity index (χ0v) is 14.0. The monoisotopic (exact) mass is 346 g/mol. The molecular weight excluding hydrogens is 328 g/mol. The first-order valence-corrected chi connectivity index (χ1v) is 8.15. The van der Waals surface area contributed by atoms with E-state index in [0.29, 0.717) is 17.9 Å². The summed E-state index contributed by atoms with van der Waals surface area (Å²) >= 11 is 0. The molecule has 3 rings (SSSR count). The summed E-state index contributed by atoms with van der Waals surface area (Å²) in [4.78, 5) is 10.7. The SMILES string of the molecule is O=C(O)/C=C/c1ccccc1OCc1cccc(Oc2ccccc2)c1. The highest BCUT2D eigenvalue weighted by Crippen LogP contribution is 2.24. The lowest BCUT2D eigenvalue weighted by Gasteiger charge is -2.11. The topological polar surface area (TPSA) is 55.8 Å². The highest BCUT2D eigenvalue weighted by atomic mass is 16.5. The molecule has 3 aromatic rings. The molecule has 3 aromatic carbocycles. The van der Waals surface area contributed by atoms with Crippen molar-refractivity contribution in [3.63, 3.8) is 0 Å². The molecule has 0 saturated carbocycles. The first-order valence-electron chi connectivity index (χ1n) is 8.15. The minimum absolute atomic E-state index is 0.351. The lowest BCUT2D eigenvalue weighted by Crippen LogP contribution is -1.97. The molecule has 0 atom stereocenters. The van der Waals surface area contributed by atoms with Crippen LogP contribution >= 0.6 is 0 Å². The van der Waals surface area contributed by atoms with Crippen LogP contribution in [-0.2, 0) is 11.4 Å². The Morgan fingerprint density at radius 1 is 0.885 bits per heavy atom. The first-order chi connectivity index (χ1) is 12.7. The summed E-state index contributed by atoms with van der Waals surface area (Å²) in [5.41, 5.74) is 1.67. The van der Waals surface area contributed by atoms with E-state index < -0.39 is 5.97 Å². The quantitative estimate of drug-likeness (QED) is 0.601. The van der Waals surface area contributed by atoms with E-state index in [9.17, 15) is 4.79 Å². The van der Waals surface area contributed by atoms with Gasteiger partial charge in [-0.15, -0.1) is 0 Å². The zero-order valence-electron chi connectivity index (χ0n) is 14.0. The maximum absolute atomic E-state index is 10.7. The van der Waals surface area contributed by atoms with E-state index >= 15 is 0 Å². The Labute approximate surface area is 151 Å². The number of aliphatic carboxylic acids is 1. The van der Waals surface area contributed by atoms with E-state index in [1.54, 1.807) is 0 Å². The minimum atomic E-state index is -0.995. The standard InChI is InChI=1S/C22H18O4/c23-22(24)14-13-18-8-4-5-12-21(18)25-16-17-7-6-11-20(15-17)26-19-9-2-1-3-10-19/h1-15H,16H2,(H,23,24)/b14-13+. The van der Waals surface area contributed by atoms with Gasteiger partial charge in [-0.1, -0.05) is 48.5 Å². The van der Waals surface area contributed by atoms with Gasteiger partial charge in [0.05, 0.1) is 0 Å². The molecule has 0 fully saturated rings. The van der Waals surface area contributed by atoms with Gasteiger partial charge in [-0.2, -0.15) is 0 Å². The number of benzene rings is 3. The Balaban J connectivity index is 1.69. The maximum Gasteiger partial charge on any atom is 0.328 e. The predicted molar refractivity (Wildman–Crippen MR) is 100 cm³/mol. The third-order valence-corrected chi connectivity index (χ3v) is 3.60. The molecule has 0 bridgehead atoms. The van der Waals surface area contributed by atoms with Crippen molar-refractivity contribution < 1.29 is 19.4 Å². The summed E-state index contributed by atoms with van der Waals surface area (Å²) in [7, 11) is 0. The van der Waals surface area contributed by atoms with Crippen molar-refractivity contribution in [2.45, 2.75) is 6.61 Å². The van der Waals surface area contributed by atoms with Crippen LogP contribution < -0.4 is 9.47 Å². The largest absolute Gasteiger partial charge is 0.488 e. The molecule has 130 valence electrons. The van der Waals surface area contributed by atoms with Crippen LogP contribution in [0.25, 0.3) is 6.08 Å². The van der Waals surface area contributed by atoms with Crippen molar-refractivity contribution in [1.82, 2.24) is 0 Å². The summed E-state index contributed by atoms with van der Waals surface area (Å²) in [5, 5.41) is 8.78. The molecule has 0 heterocycles. The van der Waals surface area contributed by atoms with Crippen LogP contribution in [0.3, 0.4) is 0 Å². The van der Waals surface area contributed by atoms with Crippen LogP contribution in [0.15, 0.2) is 84.9 Å². The van der Waals surface area contributed by atoms with E-state index in [1.807, 2.05) is 78.9 Å². The van der Waals surface area contributed by atoms with Gasteiger partial charge in [0.2, 0.25) is 0 Å². The van der Waals surface area contributed by atoms with Crippen molar-refractivity contribution in [3.8, 4) is 17.2 Å². The van der Waals surface area contributed by atoms with E-state index in [1.165, 1.54) is 6.08 Å². The summed E-state index contributed by atoms with van der Waals surface area (Å²) in [5.74, 6) is 1.14. The van der Waals surface area contributed by atoms with Gasteiger partial charge in [0.15, 0.2) is 0 Å². The average molecular weight is 346 g/mol. The van der Waals surface area contributed by atoms with Gasteiger partial charge in [-0.25, -0.2) is 4.79 Å². The second-order valence-electron chi connectivity index (χ2n) is 5.56. The van der Waals surface area contributed by atoms with Crippen LogP contribution in [0.2, 0.25) is 0 Å². The van der Waals surface area contributed by atoms with Gasteiger partial charge in [0.1, 0.15) is 23.9 Å². The van der Waals surface area contributed by atoms with Crippen LogP contribution in [0.4, 0.5) is 0 Å². The Hall–Kier alpha value is -3.53. The molecular formula is C22H18O4.